The first kappa shape index (κ1) is 19.3. The van der Waals surface area contributed by atoms with Crippen molar-refractivity contribution in [2.24, 2.45) is 5.92 Å². The molecule has 0 spiro atoms. The maximum absolute atomic E-state index is 11.9. The van der Waals surface area contributed by atoms with Crippen LogP contribution in [0.3, 0.4) is 0 Å². The lowest BCUT2D eigenvalue weighted by Gasteiger charge is -2.27. The highest BCUT2D eigenvalue weighted by atomic mass is 16.6. The van der Waals surface area contributed by atoms with Crippen molar-refractivity contribution < 1.29 is 23.8 Å². The fourth-order valence-electron chi connectivity index (χ4n) is 2.14. The van der Waals surface area contributed by atoms with Gasteiger partial charge in [-0.3, -0.25) is 4.79 Å². The van der Waals surface area contributed by atoms with Crippen molar-refractivity contribution >= 4 is 18.0 Å². The Bertz CT molecular complexity index is 751. The molecule has 1 heterocycles. The Balaban J connectivity index is 1.86. The van der Waals surface area contributed by atoms with E-state index in [1.807, 2.05) is 13.8 Å². The van der Waals surface area contributed by atoms with Gasteiger partial charge in [-0.2, -0.15) is 5.26 Å². The Morgan fingerprint density at radius 1 is 1.35 bits per heavy atom. The lowest BCUT2D eigenvalue weighted by molar-refractivity contribution is -0.144. The lowest BCUT2D eigenvalue weighted by atomic mass is 9.90. The van der Waals surface area contributed by atoms with Gasteiger partial charge in [0, 0.05) is 6.08 Å². The number of nitrogens with zero attached hydrogens (tertiary/aromatic N) is 1. The van der Waals surface area contributed by atoms with E-state index in [4.69, 9.17) is 14.2 Å². The number of rotatable bonds is 6. The van der Waals surface area contributed by atoms with Gasteiger partial charge in [0.15, 0.2) is 18.1 Å². The first-order valence-electron chi connectivity index (χ1n) is 8.31. The molecule has 1 aromatic carbocycles. The molecule has 0 radical (unpaired) electrons. The second kappa shape index (κ2) is 8.39. The van der Waals surface area contributed by atoms with Crippen LogP contribution in [0.5, 0.6) is 11.5 Å². The molecule has 0 bridgehead atoms. The molecular weight excluding hydrogens is 336 g/mol. The summed E-state index contributed by atoms with van der Waals surface area (Å²) in [5.41, 5.74) is -0.266. The maximum atomic E-state index is 11.9. The average Bonchev–Trinajstić information content (AvgIpc) is 2.64. The summed E-state index contributed by atoms with van der Waals surface area (Å²) in [5.74, 6) is 0.0262. The smallest absolute Gasteiger partial charge is 0.331 e. The third-order valence-electron chi connectivity index (χ3n) is 4.11. The van der Waals surface area contributed by atoms with Crippen molar-refractivity contribution in [3.8, 4) is 17.6 Å². The molecule has 1 amide bonds. The first-order valence-corrected chi connectivity index (χ1v) is 8.31. The highest BCUT2D eigenvalue weighted by molar-refractivity contribution is 5.89. The largest absolute Gasteiger partial charge is 0.486 e. The molecular formula is C19H22N2O5. The van der Waals surface area contributed by atoms with Crippen molar-refractivity contribution in [3.63, 3.8) is 0 Å². The van der Waals surface area contributed by atoms with E-state index >= 15 is 0 Å². The van der Waals surface area contributed by atoms with E-state index in [-0.39, 0.29) is 5.92 Å². The zero-order valence-corrected chi connectivity index (χ0v) is 15.1. The first-order chi connectivity index (χ1) is 12.3. The highest BCUT2D eigenvalue weighted by Gasteiger charge is 2.30. The van der Waals surface area contributed by atoms with Gasteiger partial charge in [0.05, 0.1) is 6.07 Å². The molecule has 26 heavy (non-hydrogen) atoms. The molecule has 0 aromatic heterocycles. The predicted molar refractivity (Wildman–Crippen MR) is 94.4 cm³/mol. The Kier molecular flexibility index (Phi) is 6.23. The molecule has 7 nitrogen and oxygen atoms in total. The molecule has 138 valence electrons. The highest BCUT2D eigenvalue weighted by Crippen LogP contribution is 2.31. The van der Waals surface area contributed by atoms with Gasteiger partial charge in [0.1, 0.15) is 18.8 Å². The number of esters is 1. The van der Waals surface area contributed by atoms with Gasteiger partial charge >= 0.3 is 5.97 Å². The zero-order valence-electron chi connectivity index (χ0n) is 15.1. The number of nitriles is 1. The molecule has 1 aliphatic rings. The third kappa shape index (κ3) is 4.99. The molecule has 2 rings (SSSR count). The molecule has 0 aliphatic carbocycles. The van der Waals surface area contributed by atoms with Crippen molar-refractivity contribution in [3.05, 3.63) is 29.8 Å². The van der Waals surface area contributed by atoms with Crippen molar-refractivity contribution in [2.75, 3.05) is 19.8 Å². The van der Waals surface area contributed by atoms with Gasteiger partial charge in [-0.15, -0.1) is 0 Å². The minimum absolute atomic E-state index is 0.0812. The van der Waals surface area contributed by atoms with E-state index in [2.05, 4.69) is 11.4 Å². The van der Waals surface area contributed by atoms with E-state index in [0.29, 0.717) is 24.7 Å². The average molecular weight is 358 g/mol. The summed E-state index contributed by atoms with van der Waals surface area (Å²) in [6.07, 6.45) is 2.79. The van der Waals surface area contributed by atoms with E-state index in [1.165, 1.54) is 6.08 Å². The molecule has 0 saturated carbocycles. The van der Waals surface area contributed by atoms with Crippen LogP contribution in [0.1, 0.15) is 26.3 Å². The maximum Gasteiger partial charge on any atom is 0.331 e. The molecule has 1 unspecified atom stereocenters. The van der Waals surface area contributed by atoms with E-state index in [1.54, 1.807) is 31.2 Å². The molecule has 0 fully saturated rings. The zero-order chi connectivity index (χ0) is 19.2. The minimum atomic E-state index is -1.01. The summed E-state index contributed by atoms with van der Waals surface area (Å²) >= 11 is 0. The second-order valence-corrected chi connectivity index (χ2v) is 6.36. The van der Waals surface area contributed by atoms with Crippen molar-refractivity contribution in [1.82, 2.24) is 5.32 Å². The quantitative estimate of drug-likeness (QED) is 0.617. The van der Waals surface area contributed by atoms with Crippen LogP contribution in [-0.4, -0.2) is 37.2 Å². The van der Waals surface area contributed by atoms with Crippen LogP contribution in [0.15, 0.2) is 24.3 Å². The number of benzene rings is 1. The van der Waals surface area contributed by atoms with Gasteiger partial charge in [-0.25, -0.2) is 4.79 Å². The second-order valence-electron chi connectivity index (χ2n) is 6.36. The lowest BCUT2D eigenvalue weighted by Crippen LogP contribution is -2.50. The number of carbonyl (C=O) groups excluding carboxylic acids is 2. The number of nitrogens with one attached hydrogen (secondary N) is 1. The molecule has 7 heteroatoms. The number of carbonyl (C=O) groups is 2. The van der Waals surface area contributed by atoms with Crippen molar-refractivity contribution in [1.29, 1.82) is 5.26 Å². The summed E-state index contributed by atoms with van der Waals surface area (Å²) in [6, 6.07) is 7.36. The predicted octanol–water partition coefficient (Wildman–Crippen LogP) is 2.07. The van der Waals surface area contributed by atoms with Gasteiger partial charge in [0.2, 0.25) is 0 Å². The van der Waals surface area contributed by atoms with Crippen LogP contribution in [0.25, 0.3) is 6.08 Å². The summed E-state index contributed by atoms with van der Waals surface area (Å²) in [4.78, 5) is 23.6. The number of ether oxygens (including phenoxy) is 3. The molecule has 1 aromatic rings. The Labute approximate surface area is 152 Å². The van der Waals surface area contributed by atoms with Crippen LogP contribution in [0, 0.1) is 17.2 Å². The Morgan fingerprint density at radius 3 is 2.69 bits per heavy atom. The summed E-state index contributed by atoms with van der Waals surface area (Å²) in [7, 11) is 0. The van der Waals surface area contributed by atoms with E-state index in [9.17, 15) is 14.9 Å². The van der Waals surface area contributed by atoms with Gasteiger partial charge in [-0.05, 0) is 36.6 Å². The minimum Gasteiger partial charge on any atom is -0.486 e. The molecule has 0 saturated heterocycles. The summed E-state index contributed by atoms with van der Waals surface area (Å²) in [6.45, 7) is 5.82. The van der Waals surface area contributed by atoms with Gasteiger partial charge < -0.3 is 19.5 Å². The standard InChI is InChI=1S/C19H22N2O5/c1-13(2)19(3,12-20)21-17(22)11-26-18(23)7-5-14-4-6-15-16(10-14)25-9-8-24-15/h4-7,10,13H,8-9,11H2,1-3H3,(H,21,22)/b7-5+. The van der Waals surface area contributed by atoms with Gasteiger partial charge in [0.25, 0.3) is 5.91 Å². The van der Waals surface area contributed by atoms with Crippen LogP contribution < -0.4 is 14.8 Å². The fourth-order valence-corrected chi connectivity index (χ4v) is 2.14. The van der Waals surface area contributed by atoms with E-state index < -0.39 is 24.0 Å². The van der Waals surface area contributed by atoms with Crippen LogP contribution >= 0.6 is 0 Å². The van der Waals surface area contributed by atoms with Gasteiger partial charge in [-0.1, -0.05) is 19.9 Å². The van der Waals surface area contributed by atoms with Crippen LogP contribution in [0.4, 0.5) is 0 Å². The molecule has 1 N–H and O–H groups in total. The van der Waals surface area contributed by atoms with Crippen molar-refractivity contribution in [2.45, 2.75) is 26.3 Å². The summed E-state index contributed by atoms with van der Waals surface area (Å²) < 4.78 is 15.8. The molecule has 1 atom stereocenters. The Morgan fingerprint density at radius 2 is 2.04 bits per heavy atom. The monoisotopic (exact) mass is 358 g/mol. The number of hydrogen-bond acceptors (Lipinski definition) is 6. The van der Waals surface area contributed by atoms with E-state index in [0.717, 1.165) is 5.56 Å². The molecule has 1 aliphatic heterocycles. The number of amides is 1. The number of fused-ring (bicyclic) bond motifs is 1. The summed E-state index contributed by atoms with van der Waals surface area (Å²) in [5, 5.41) is 11.7. The Hall–Kier alpha value is -3.01. The number of hydrogen-bond donors (Lipinski definition) is 1. The topological polar surface area (TPSA) is 97.7 Å². The van der Waals surface area contributed by atoms with Crippen LogP contribution in [-0.2, 0) is 14.3 Å². The fraction of sp³-hybridized carbons (Fsp3) is 0.421. The normalized spacial score (nSPS) is 15.2. The third-order valence-corrected chi connectivity index (χ3v) is 4.11. The SMILES string of the molecule is CC(C)C(C)(C#N)NC(=O)COC(=O)/C=C/c1ccc2c(c1)OCCO2. The van der Waals surface area contributed by atoms with Crippen LogP contribution in [0.2, 0.25) is 0 Å².